The summed E-state index contributed by atoms with van der Waals surface area (Å²) < 4.78 is 0. The fourth-order valence-electron chi connectivity index (χ4n) is 2.01. The molecule has 0 bridgehead atoms. The highest BCUT2D eigenvalue weighted by molar-refractivity contribution is 5.84. The summed E-state index contributed by atoms with van der Waals surface area (Å²) >= 11 is 0. The Balaban J connectivity index is 2.67. The van der Waals surface area contributed by atoms with Gasteiger partial charge < -0.3 is 15.5 Å². The van der Waals surface area contributed by atoms with Crippen molar-refractivity contribution in [3.05, 3.63) is 0 Å². The number of hydrogen-bond acceptors (Lipinski definition) is 2. The number of urea groups is 1. The van der Waals surface area contributed by atoms with Crippen LogP contribution in [0.2, 0.25) is 0 Å². The van der Waals surface area contributed by atoms with Crippen molar-refractivity contribution in [3.63, 3.8) is 0 Å². The molecule has 2 amide bonds. The van der Waals surface area contributed by atoms with Crippen molar-refractivity contribution in [1.82, 2.24) is 9.80 Å². The van der Waals surface area contributed by atoms with Crippen LogP contribution in [0.5, 0.6) is 0 Å². The molecule has 1 aliphatic carbocycles. The van der Waals surface area contributed by atoms with Crippen molar-refractivity contribution in [2.24, 2.45) is 5.73 Å². The summed E-state index contributed by atoms with van der Waals surface area (Å²) in [6.07, 6.45) is 4.40. The van der Waals surface area contributed by atoms with E-state index >= 15 is 0 Å². The number of nitrogens with two attached hydrogens (primary N) is 1. The zero-order valence-corrected chi connectivity index (χ0v) is 9.49. The van der Waals surface area contributed by atoms with Crippen LogP contribution in [-0.4, -0.2) is 48.3 Å². The van der Waals surface area contributed by atoms with Crippen LogP contribution in [0.1, 0.15) is 25.7 Å². The SMILES string of the molecule is CN(C)C(=O)N(CC(=N)N)C1CCCC1. The molecule has 1 aliphatic rings. The molecule has 1 rings (SSSR count). The topological polar surface area (TPSA) is 73.4 Å². The Morgan fingerprint density at radius 3 is 2.33 bits per heavy atom. The van der Waals surface area contributed by atoms with E-state index < -0.39 is 0 Å². The molecule has 0 aromatic rings. The summed E-state index contributed by atoms with van der Waals surface area (Å²) in [5, 5.41) is 7.29. The highest BCUT2D eigenvalue weighted by Crippen LogP contribution is 2.23. The van der Waals surface area contributed by atoms with Gasteiger partial charge in [0.2, 0.25) is 0 Å². The van der Waals surface area contributed by atoms with E-state index in [1.807, 2.05) is 0 Å². The van der Waals surface area contributed by atoms with Crippen LogP contribution in [0, 0.1) is 5.41 Å². The third kappa shape index (κ3) is 3.11. The lowest BCUT2D eigenvalue weighted by molar-refractivity contribution is 0.158. The average Bonchev–Trinajstić information content (AvgIpc) is 2.65. The van der Waals surface area contributed by atoms with Crippen LogP contribution >= 0.6 is 0 Å². The first kappa shape index (κ1) is 11.8. The molecule has 15 heavy (non-hydrogen) atoms. The molecule has 86 valence electrons. The largest absolute Gasteiger partial charge is 0.386 e. The summed E-state index contributed by atoms with van der Waals surface area (Å²) in [5.41, 5.74) is 5.37. The molecule has 0 atom stereocenters. The quantitative estimate of drug-likeness (QED) is 0.537. The van der Waals surface area contributed by atoms with Crippen LogP contribution < -0.4 is 5.73 Å². The van der Waals surface area contributed by atoms with Gasteiger partial charge in [0.1, 0.15) is 5.84 Å². The van der Waals surface area contributed by atoms with E-state index in [1.54, 1.807) is 23.9 Å². The van der Waals surface area contributed by atoms with Crippen molar-refractivity contribution >= 4 is 11.9 Å². The summed E-state index contributed by atoms with van der Waals surface area (Å²) in [6.45, 7) is 0.252. The Bertz CT molecular complexity index is 246. The van der Waals surface area contributed by atoms with Crippen molar-refractivity contribution in [3.8, 4) is 0 Å². The van der Waals surface area contributed by atoms with Crippen molar-refractivity contribution in [1.29, 1.82) is 5.41 Å². The molecule has 0 unspecified atom stereocenters. The maximum Gasteiger partial charge on any atom is 0.320 e. The van der Waals surface area contributed by atoms with E-state index in [4.69, 9.17) is 11.1 Å². The lowest BCUT2D eigenvalue weighted by Gasteiger charge is -2.30. The summed E-state index contributed by atoms with van der Waals surface area (Å²) in [6, 6.07) is 0.223. The number of amidine groups is 1. The fourth-order valence-corrected chi connectivity index (χ4v) is 2.01. The number of amides is 2. The molecule has 0 radical (unpaired) electrons. The second-order valence-corrected chi connectivity index (χ2v) is 4.27. The van der Waals surface area contributed by atoms with Crippen LogP contribution in [0.3, 0.4) is 0 Å². The van der Waals surface area contributed by atoms with E-state index in [1.165, 1.54) is 12.8 Å². The van der Waals surface area contributed by atoms with Gasteiger partial charge in [-0.1, -0.05) is 12.8 Å². The highest BCUT2D eigenvalue weighted by Gasteiger charge is 2.27. The third-order valence-corrected chi connectivity index (χ3v) is 2.73. The molecule has 0 aliphatic heterocycles. The van der Waals surface area contributed by atoms with Crippen LogP contribution in [-0.2, 0) is 0 Å². The number of carbonyl (C=O) groups excluding carboxylic acids is 1. The Kier molecular flexibility index (Phi) is 3.94. The number of nitrogens with zero attached hydrogens (tertiary/aromatic N) is 2. The standard InChI is InChI=1S/C10H20N4O/c1-13(2)10(15)14(7-9(11)12)8-5-3-4-6-8/h8H,3-7H2,1-2H3,(H3,11,12). The zero-order valence-electron chi connectivity index (χ0n) is 9.49. The van der Waals surface area contributed by atoms with E-state index in [2.05, 4.69) is 0 Å². The van der Waals surface area contributed by atoms with Gasteiger partial charge in [0.05, 0.1) is 6.54 Å². The molecule has 5 heteroatoms. The maximum absolute atomic E-state index is 11.9. The van der Waals surface area contributed by atoms with Crippen LogP contribution in [0.25, 0.3) is 0 Å². The van der Waals surface area contributed by atoms with Crippen molar-refractivity contribution in [2.45, 2.75) is 31.7 Å². The highest BCUT2D eigenvalue weighted by atomic mass is 16.2. The van der Waals surface area contributed by atoms with E-state index in [0.717, 1.165) is 12.8 Å². The number of carbonyl (C=O) groups is 1. The molecule has 5 nitrogen and oxygen atoms in total. The molecule has 0 spiro atoms. The second kappa shape index (κ2) is 5.00. The lowest BCUT2D eigenvalue weighted by Crippen LogP contribution is -2.48. The van der Waals surface area contributed by atoms with Crippen molar-refractivity contribution < 1.29 is 4.79 Å². The van der Waals surface area contributed by atoms with Crippen LogP contribution in [0.15, 0.2) is 0 Å². The predicted molar refractivity (Wildman–Crippen MR) is 60.0 cm³/mol. The van der Waals surface area contributed by atoms with Gasteiger partial charge in [-0.15, -0.1) is 0 Å². The first-order valence-electron chi connectivity index (χ1n) is 5.33. The lowest BCUT2D eigenvalue weighted by atomic mass is 10.2. The minimum Gasteiger partial charge on any atom is -0.386 e. The molecule has 3 N–H and O–H groups in total. The van der Waals surface area contributed by atoms with Gasteiger partial charge >= 0.3 is 6.03 Å². The number of hydrogen-bond donors (Lipinski definition) is 2. The fraction of sp³-hybridized carbons (Fsp3) is 0.800. The smallest absolute Gasteiger partial charge is 0.320 e. The second-order valence-electron chi connectivity index (χ2n) is 4.27. The average molecular weight is 212 g/mol. The Hall–Kier alpha value is -1.26. The van der Waals surface area contributed by atoms with Gasteiger partial charge in [-0.05, 0) is 12.8 Å². The minimum atomic E-state index is -0.0444. The maximum atomic E-state index is 11.9. The third-order valence-electron chi connectivity index (χ3n) is 2.73. The molecular weight excluding hydrogens is 192 g/mol. The van der Waals surface area contributed by atoms with Gasteiger partial charge in [-0.3, -0.25) is 5.41 Å². The molecule has 0 heterocycles. The molecule has 0 aromatic carbocycles. The van der Waals surface area contributed by atoms with E-state index in [9.17, 15) is 4.79 Å². The summed E-state index contributed by atoms with van der Waals surface area (Å²) in [7, 11) is 3.45. The normalized spacial score (nSPS) is 16.4. The van der Waals surface area contributed by atoms with E-state index in [0.29, 0.717) is 0 Å². The Morgan fingerprint density at radius 1 is 1.40 bits per heavy atom. The van der Waals surface area contributed by atoms with E-state index in [-0.39, 0.29) is 24.5 Å². The van der Waals surface area contributed by atoms with Gasteiger partial charge in [-0.2, -0.15) is 0 Å². The zero-order chi connectivity index (χ0) is 11.4. The molecule has 1 saturated carbocycles. The van der Waals surface area contributed by atoms with Gasteiger partial charge in [0.25, 0.3) is 0 Å². The van der Waals surface area contributed by atoms with Gasteiger partial charge in [0.15, 0.2) is 0 Å². The minimum absolute atomic E-state index is 0.0444. The van der Waals surface area contributed by atoms with Gasteiger partial charge in [0, 0.05) is 20.1 Å². The molecule has 0 saturated heterocycles. The first-order chi connectivity index (χ1) is 7.02. The molecular formula is C10H20N4O. The molecule has 0 aromatic heterocycles. The monoisotopic (exact) mass is 212 g/mol. The predicted octanol–water partition coefficient (Wildman–Crippen LogP) is 0.849. The van der Waals surface area contributed by atoms with Crippen LogP contribution in [0.4, 0.5) is 4.79 Å². The number of rotatable bonds is 3. The van der Waals surface area contributed by atoms with Gasteiger partial charge in [-0.25, -0.2) is 4.79 Å². The first-order valence-corrected chi connectivity index (χ1v) is 5.33. The summed E-state index contributed by atoms with van der Waals surface area (Å²) in [4.78, 5) is 15.1. The summed E-state index contributed by atoms with van der Waals surface area (Å²) in [5.74, 6) is 0.0529. The Morgan fingerprint density at radius 2 is 1.93 bits per heavy atom. The molecule has 1 fully saturated rings. The number of nitrogens with one attached hydrogen (secondary N) is 1. The Labute approximate surface area is 90.7 Å². The van der Waals surface area contributed by atoms with Crippen molar-refractivity contribution in [2.75, 3.05) is 20.6 Å².